The van der Waals surface area contributed by atoms with E-state index in [2.05, 4.69) is 39.0 Å². The van der Waals surface area contributed by atoms with Gasteiger partial charge in [-0.05, 0) is 56.8 Å². The molecule has 5 N–H and O–H groups in total. The molecule has 1 saturated carbocycles. The monoisotopic (exact) mass is 598 g/mol. The molecule has 0 radical (unpaired) electrons. The molecule has 0 aromatic heterocycles. The fraction of sp³-hybridized carbons (Fsp3) is 0.871. The summed E-state index contributed by atoms with van der Waals surface area (Å²) in [5.74, 6) is 0.274. The van der Waals surface area contributed by atoms with Gasteiger partial charge in [-0.3, -0.25) is 29.7 Å². The molecule has 1 amide bonds. The van der Waals surface area contributed by atoms with E-state index in [1.807, 2.05) is 0 Å². The zero-order valence-corrected chi connectivity index (χ0v) is 25.9. The van der Waals surface area contributed by atoms with E-state index in [1.165, 1.54) is 19.3 Å². The number of allylic oxidation sites excluding steroid dienone is 2. The number of aliphatic hydroxyl groups is 2. The number of hydrogen-bond donors (Lipinski definition) is 5. The molecule has 1 saturated heterocycles. The molecule has 42 heavy (non-hydrogen) atoms. The number of aliphatic hydroxyl groups excluding tert-OH is 2. The lowest BCUT2D eigenvalue weighted by atomic mass is 9.86. The Balaban J connectivity index is 1.52. The highest BCUT2D eigenvalue weighted by Crippen LogP contribution is 2.38. The van der Waals surface area contributed by atoms with Gasteiger partial charge in [-0.2, -0.15) is 0 Å². The van der Waals surface area contributed by atoms with Crippen LogP contribution in [0.2, 0.25) is 0 Å². The van der Waals surface area contributed by atoms with E-state index in [9.17, 15) is 19.8 Å². The van der Waals surface area contributed by atoms with Gasteiger partial charge in [0.25, 0.3) is 0 Å². The van der Waals surface area contributed by atoms with Crippen LogP contribution in [0, 0.1) is 11.8 Å². The highest BCUT2D eigenvalue weighted by molar-refractivity contribution is 5.78. The SMILES string of the molecule is CCCCCCCC(=O)CC[C@@H]1[C@@H](C/C=C\CCCC(=O)NCCN2CCN(CCCON(O)O)CC2)[C@@H](O)C[C@H]1O. The van der Waals surface area contributed by atoms with Gasteiger partial charge < -0.3 is 20.4 Å². The lowest BCUT2D eigenvalue weighted by molar-refractivity contribution is -0.492. The minimum Gasteiger partial charge on any atom is -0.393 e. The molecule has 2 aliphatic rings. The van der Waals surface area contributed by atoms with Crippen LogP contribution in [-0.2, 0) is 14.4 Å². The smallest absolute Gasteiger partial charge is 0.220 e. The lowest BCUT2D eigenvalue weighted by Gasteiger charge is -2.34. The number of carbonyl (C=O) groups excluding carboxylic acids is 2. The quantitative estimate of drug-likeness (QED) is 0.0675. The van der Waals surface area contributed by atoms with Crippen molar-refractivity contribution in [1.29, 1.82) is 0 Å². The Morgan fingerprint density at radius 2 is 1.55 bits per heavy atom. The van der Waals surface area contributed by atoms with Crippen LogP contribution in [0.25, 0.3) is 0 Å². The molecule has 1 aliphatic heterocycles. The Hall–Kier alpha value is -1.44. The molecule has 1 heterocycles. The number of amides is 1. The second-order valence-electron chi connectivity index (χ2n) is 12.0. The number of nitrogens with one attached hydrogen (secondary N) is 1. The highest BCUT2D eigenvalue weighted by Gasteiger charge is 2.40. The van der Waals surface area contributed by atoms with E-state index >= 15 is 0 Å². The van der Waals surface area contributed by atoms with Gasteiger partial charge in [-0.25, -0.2) is 0 Å². The van der Waals surface area contributed by atoms with Crippen LogP contribution in [0.3, 0.4) is 0 Å². The summed E-state index contributed by atoms with van der Waals surface area (Å²) >= 11 is 0. The Bertz CT molecular complexity index is 762. The van der Waals surface area contributed by atoms with Gasteiger partial charge in [0.1, 0.15) is 5.78 Å². The van der Waals surface area contributed by atoms with E-state index in [0.29, 0.717) is 45.1 Å². The highest BCUT2D eigenvalue weighted by atomic mass is 17.1. The third-order valence-electron chi connectivity index (χ3n) is 8.73. The van der Waals surface area contributed by atoms with E-state index in [1.54, 1.807) is 0 Å². The number of nitrogens with zero attached hydrogens (tertiary/aromatic N) is 3. The van der Waals surface area contributed by atoms with Gasteiger partial charge >= 0.3 is 0 Å². The average Bonchev–Trinajstić information content (AvgIpc) is 3.23. The number of piperazine rings is 1. The molecule has 0 unspecified atom stereocenters. The van der Waals surface area contributed by atoms with Gasteiger partial charge in [0.2, 0.25) is 5.91 Å². The van der Waals surface area contributed by atoms with Crippen molar-refractivity contribution < 1.29 is 35.1 Å². The largest absolute Gasteiger partial charge is 0.393 e. The molecule has 244 valence electrons. The van der Waals surface area contributed by atoms with Crippen molar-refractivity contribution in [2.45, 2.75) is 109 Å². The summed E-state index contributed by atoms with van der Waals surface area (Å²) in [6, 6.07) is 0. The molecule has 0 bridgehead atoms. The Labute approximate surface area is 252 Å². The van der Waals surface area contributed by atoms with Crippen LogP contribution in [0.1, 0.15) is 96.8 Å². The van der Waals surface area contributed by atoms with Crippen molar-refractivity contribution >= 4 is 11.7 Å². The van der Waals surface area contributed by atoms with Gasteiger partial charge in [0.05, 0.1) is 24.2 Å². The molecule has 11 heteroatoms. The number of hydrogen-bond acceptors (Lipinski definition) is 10. The molecule has 0 spiro atoms. The van der Waals surface area contributed by atoms with E-state index in [4.69, 9.17) is 10.4 Å². The summed E-state index contributed by atoms with van der Waals surface area (Å²) in [6.45, 7) is 8.51. The second kappa shape index (κ2) is 22.1. The first-order valence-electron chi connectivity index (χ1n) is 16.3. The van der Waals surface area contributed by atoms with Gasteiger partial charge in [0, 0.05) is 65.1 Å². The van der Waals surface area contributed by atoms with Crippen molar-refractivity contribution in [3.63, 3.8) is 0 Å². The normalized spacial score (nSPS) is 23.8. The zero-order valence-electron chi connectivity index (χ0n) is 25.9. The Morgan fingerprint density at radius 1 is 0.857 bits per heavy atom. The lowest BCUT2D eigenvalue weighted by Crippen LogP contribution is -2.48. The maximum atomic E-state index is 12.3. The number of unbranched alkanes of at least 4 members (excludes halogenated alkanes) is 5. The van der Waals surface area contributed by atoms with Crippen LogP contribution >= 0.6 is 0 Å². The number of ketones is 1. The first kappa shape index (κ1) is 36.8. The molecule has 4 atom stereocenters. The fourth-order valence-corrected chi connectivity index (χ4v) is 6.15. The van der Waals surface area contributed by atoms with E-state index < -0.39 is 12.2 Å². The fourth-order valence-electron chi connectivity index (χ4n) is 6.15. The van der Waals surface area contributed by atoms with Gasteiger partial charge in [-0.1, -0.05) is 44.8 Å². The minimum atomic E-state index is -0.546. The first-order chi connectivity index (χ1) is 20.3. The van der Waals surface area contributed by atoms with Gasteiger partial charge in [0.15, 0.2) is 0 Å². The van der Waals surface area contributed by atoms with E-state index in [-0.39, 0.29) is 35.5 Å². The van der Waals surface area contributed by atoms with Crippen molar-refractivity contribution in [2.75, 3.05) is 52.4 Å². The molecule has 1 aliphatic carbocycles. The number of Topliss-reactive ketones (excluding diaryl/α,β-unsaturated/α-hetero) is 1. The average molecular weight is 599 g/mol. The summed E-state index contributed by atoms with van der Waals surface area (Å²) in [7, 11) is 0. The molecule has 11 nitrogen and oxygen atoms in total. The summed E-state index contributed by atoms with van der Waals surface area (Å²) in [4.78, 5) is 33.8. The molecular weight excluding hydrogens is 540 g/mol. The molecule has 2 fully saturated rings. The van der Waals surface area contributed by atoms with Crippen LogP contribution in [0.5, 0.6) is 0 Å². The summed E-state index contributed by atoms with van der Waals surface area (Å²) in [5.41, 5.74) is 0. The Kier molecular flexibility index (Phi) is 19.4. The summed E-state index contributed by atoms with van der Waals surface area (Å²) < 4.78 is 0. The number of rotatable bonds is 23. The molecule has 0 aromatic rings. The maximum Gasteiger partial charge on any atom is 0.220 e. The zero-order chi connectivity index (χ0) is 30.6. The predicted octanol–water partition coefficient (Wildman–Crippen LogP) is 3.31. The van der Waals surface area contributed by atoms with Crippen LogP contribution in [0.4, 0.5) is 0 Å². The predicted molar refractivity (Wildman–Crippen MR) is 161 cm³/mol. The van der Waals surface area contributed by atoms with E-state index in [0.717, 1.165) is 71.4 Å². The maximum absolute atomic E-state index is 12.3. The summed E-state index contributed by atoms with van der Waals surface area (Å²) in [5, 5.41) is 40.8. The van der Waals surface area contributed by atoms with Crippen LogP contribution in [0.15, 0.2) is 12.2 Å². The van der Waals surface area contributed by atoms with Crippen molar-refractivity contribution in [3.8, 4) is 0 Å². The Morgan fingerprint density at radius 3 is 2.26 bits per heavy atom. The summed E-state index contributed by atoms with van der Waals surface area (Å²) in [6.07, 6.45) is 14.3. The topological polar surface area (TPSA) is 146 Å². The van der Waals surface area contributed by atoms with Crippen LogP contribution in [-0.4, -0.2) is 112 Å². The minimum absolute atomic E-state index is 0.0220. The van der Waals surface area contributed by atoms with Crippen molar-refractivity contribution in [1.82, 2.24) is 20.5 Å². The number of carbonyl (C=O) groups is 2. The van der Waals surface area contributed by atoms with Crippen LogP contribution < -0.4 is 5.32 Å². The third-order valence-corrected chi connectivity index (χ3v) is 8.73. The second-order valence-corrected chi connectivity index (χ2v) is 12.0. The standard InChI is InChI=1S/C31H58N4O7/c1-2-3-4-5-8-12-26(36)15-16-28-27(29(37)25-30(28)38)13-9-6-7-10-14-31(39)32-17-19-34-22-20-33(21-23-34)18-11-24-42-35(40)41/h6,9,27-30,37-38,40-41H,2-5,7-8,10-25H2,1H3,(H,32,39)/b9-6-/t27-,28-,29+,30-/m1/s1. The van der Waals surface area contributed by atoms with Crippen molar-refractivity contribution in [3.05, 3.63) is 12.2 Å². The van der Waals surface area contributed by atoms with Gasteiger partial charge in [-0.15, -0.1) is 0 Å². The molecule has 0 aromatic carbocycles. The first-order valence-corrected chi connectivity index (χ1v) is 16.3. The molecular formula is C31H58N4O7. The third kappa shape index (κ3) is 15.9. The molecule has 2 rings (SSSR count). The van der Waals surface area contributed by atoms with Crippen molar-refractivity contribution in [2.24, 2.45) is 11.8 Å².